The van der Waals surface area contributed by atoms with Gasteiger partial charge < -0.3 is 0 Å². The van der Waals surface area contributed by atoms with Gasteiger partial charge in [0.05, 0.1) is 15.9 Å². The lowest BCUT2D eigenvalue weighted by molar-refractivity contribution is -0.394. The van der Waals surface area contributed by atoms with E-state index in [1.165, 1.54) is 0 Å². The molecule has 1 aromatic rings. The minimum Gasteiger partial charge on any atom is -0.294 e. The van der Waals surface area contributed by atoms with E-state index in [9.17, 15) is 25.0 Å². The highest BCUT2D eigenvalue weighted by atomic mass is 16.6. The second-order valence-electron chi connectivity index (χ2n) is 3.03. The zero-order valence-corrected chi connectivity index (χ0v) is 8.37. The number of rotatable bonds is 4. The second-order valence-corrected chi connectivity index (χ2v) is 3.03. The average Bonchev–Trinajstić information content (AvgIpc) is 2.27. The van der Waals surface area contributed by atoms with Gasteiger partial charge in [0.1, 0.15) is 0 Å². The van der Waals surface area contributed by atoms with E-state index in [0.717, 1.165) is 18.2 Å². The molecule has 0 saturated heterocycles. The summed E-state index contributed by atoms with van der Waals surface area (Å²) in [6.45, 7) is 1.58. The number of hydrogen-bond donors (Lipinski definition) is 0. The van der Waals surface area contributed by atoms with Crippen LogP contribution in [0.25, 0.3) is 0 Å². The monoisotopic (exact) mass is 224 g/mol. The normalized spacial score (nSPS) is 9.81. The summed E-state index contributed by atoms with van der Waals surface area (Å²) in [5, 5.41) is 21.0. The molecule has 0 spiro atoms. The average molecular weight is 224 g/mol. The molecule has 0 bridgehead atoms. The van der Waals surface area contributed by atoms with Crippen LogP contribution in [-0.2, 0) is 0 Å². The van der Waals surface area contributed by atoms with E-state index in [4.69, 9.17) is 0 Å². The summed E-state index contributed by atoms with van der Waals surface area (Å²) in [7, 11) is 0. The number of benzene rings is 1. The van der Waals surface area contributed by atoms with Gasteiger partial charge in [0, 0.05) is 24.1 Å². The first kappa shape index (κ1) is 11.8. The van der Waals surface area contributed by atoms with Crippen molar-refractivity contribution in [3.05, 3.63) is 44.0 Å². The van der Waals surface area contributed by atoms with Crippen LogP contribution < -0.4 is 0 Å². The zero-order chi connectivity index (χ0) is 12.3. The number of nitrogens with zero attached hydrogens (tertiary/aromatic N) is 2. The summed E-state index contributed by atoms with van der Waals surface area (Å²) < 4.78 is 0. The summed E-state index contributed by atoms with van der Waals surface area (Å²) in [6, 6.07) is 2.91. The molecule has 0 N–H and O–H groups in total. The Bertz CT molecular complexity index is 437. The number of nitro benzene ring substituents is 2. The van der Waals surface area contributed by atoms with Crippen LogP contribution in [0.4, 0.5) is 11.4 Å². The summed E-state index contributed by atoms with van der Waals surface area (Å²) >= 11 is 0. The van der Waals surface area contributed by atoms with E-state index in [0.29, 0.717) is 0 Å². The molecule has 0 aliphatic carbocycles. The Hall–Kier alpha value is -2.31. The van der Waals surface area contributed by atoms with Gasteiger partial charge in [-0.3, -0.25) is 25.0 Å². The van der Waals surface area contributed by atoms with E-state index in [1.807, 2.05) is 0 Å². The van der Waals surface area contributed by atoms with E-state index in [2.05, 4.69) is 0 Å². The van der Waals surface area contributed by atoms with Crippen LogP contribution in [0, 0.1) is 20.2 Å². The lowest BCUT2D eigenvalue weighted by Gasteiger charge is -1.98. The lowest BCUT2D eigenvalue weighted by atomic mass is 10.1. The first-order valence-electron chi connectivity index (χ1n) is 4.42. The molecule has 0 amide bonds. The maximum absolute atomic E-state index is 11.3. The van der Waals surface area contributed by atoms with Crippen LogP contribution in [0.1, 0.15) is 23.7 Å². The van der Waals surface area contributed by atoms with Gasteiger partial charge in [0.15, 0.2) is 5.78 Å². The molecular weight excluding hydrogens is 216 g/mol. The molecule has 0 radical (unpaired) electrons. The van der Waals surface area contributed by atoms with Crippen LogP contribution in [0.15, 0.2) is 18.2 Å². The summed E-state index contributed by atoms with van der Waals surface area (Å²) in [6.07, 6.45) is 0.137. The van der Waals surface area contributed by atoms with Crippen LogP contribution in [0.2, 0.25) is 0 Å². The Kier molecular flexibility index (Phi) is 3.29. The van der Waals surface area contributed by atoms with Gasteiger partial charge in [-0.05, 0) is 0 Å². The molecule has 1 rings (SSSR count). The molecule has 0 unspecified atom stereocenters. The van der Waals surface area contributed by atoms with Crippen molar-refractivity contribution in [3.8, 4) is 0 Å². The van der Waals surface area contributed by atoms with Gasteiger partial charge in [0.25, 0.3) is 11.4 Å². The molecule has 7 heteroatoms. The largest absolute Gasteiger partial charge is 0.294 e. The van der Waals surface area contributed by atoms with Gasteiger partial charge in [-0.15, -0.1) is 0 Å². The Balaban J connectivity index is 3.35. The van der Waals surface area contributed by atoms with E-state index in [-0.39, 0.29) is 17.8 Å². The van der Waals surface area contributed by atoms with Crippen molar-refractivity contribution in [2.45, 2.75) is 13.3 Å². The van der Waals surface area contributed by atoms with Gasteiger partial charge in [-0.2, -0.15) is 0 Å². The highest BCUT2D eigenvalue weighted by Gasteiger charge is 2.18. The molecule has 0 aromatic heterocycles. The van der Waals surface area contributed by atoms with Crippen LogP contribution >= 0.6 is 0 Å². The van der Waals surface area contributed by atoms with Crippen molar-refractivity contribution in [2.24, 2.45) is 0 Å². The van der Waals surface area contributed by atoms with E-state index in [1.54, 1.807) is 6.92 Å². The molecule has 0 aliphatic rings. The SMILES string of the molecule is CCC(=O)c1cc([N+](=O)[O-])cc([N+](=O)[O-])c1. The third kappa shape index (κ3) is 2.38. The van der Waals surface area contributed by atoms with Crippen LogP contribution in [-0.4, -0.2) is 15.6 Å². The topological polar surface area (TPSA) is 103 Å². The maximum Gasteiger partial charge on any atom is 0.277 e. The third-order valence-electron chi connectivity index (χ3n) is 1.97. The minimum atomic E-state index is -0.764. The molecule has 0 fully saturated rings. The molecule has 0 aliphatic heterocycles. The lowest BCUT2D eigenvalue weighted by Crippen LogP contribution is -2.00. The van der Waals surface area contributed by atoms with E-state index >= 15 is 0 Å². The molecule has 84 valence electrons. The van der Waals surface area contributed by atoms with Crippen molar-refractivity contribution in [1.29, 1.82) is 0 Å². The standard InChI is InChI=1S/C9H8N2O5/c1-2-9(12)6-3-7(10(13)14)5-8(4-6)11(15)16/h3-5H,2H2,1H3. The third-order valence-corrected chi connectivity index (χ3v) is 1.97. The fourth-order valence-corrected chi connectivity index (χ4v) is 1.17. The van der Waals surface area contributed by atoms with Crippen molar-refractivity contribution < 1.29 is 14.6 Å². The van der Waals surface area contributed by atoms with E-state index < -0.39 is 21.2 Å². The molecule has 0 heterocycles. The fraction of sp³-hybridized carbons (Fsp3) is 0.222. The predicted octanol–water partition coefficient (Wildman–Crippen LogP) is 2.10. The van der Waals surface area contributed by atoms with Gasteiger partial charge in [0.2, 0.25) is 0 Å². The van der Waals surface area contributed by atoms with Crippen molar-refractivity contribution in [3.63, 3.8) is 0 Å². The summed E-state index contributed by atoms with van der Waals surface area (Å²) in [5.74, 6) is -0.369. The number of carbonyl (C=O) groups excluding carboxylic acids is 1. The highest BCUT2D eigenvalue weighted by molar-refractivity contribution is 5.97. The zero-order valence-electron chi connectivity index (χ0n) is 8.37. The number of ketones is 1. The Morgan fingerprint density at radius 3 is 1.88 bits per heavy atom. The first-order chi connectivity index (χ1) is 7.45. The summed E-state index contributed by atoms with van der Waals surface area (Å²) in [5.41, 5.74) is -0.916. The molecular formula is C9H8N2O5. The predicted molar refractivity (Wildman–Crippen MR) is 54.4 cm³/mol. The van der Waals surface area contributed by atoms with Crippen molar-refractivity contribution in [1.82, 2.24) is 0 Å². The number of non-ortho nitro benzene ring substituents is 2. The van der Waals surface area contributed by atoms with Crippen molar-refractivity contribution >= 4 is 17.2 Å². The number of nitro groups is 2. The number of Topliss-reactive ketones (excluding diaryl/α,β-unsaturated/α-hetero) is 1. The quantitative estimate of drug-likeness (QED) is 0.442. The van der Waals surface area contributed by atoms with Gasteiger partial charge in [-0.1, -0.05) is 6.92 Å². The minimum absolute atomic E-state index is 0.0107. The molecule has 16 heavy (non-hydrogen) atoms. The Morgan fingerprint density at radius 2 is 1.56 bits per heavy atom. The molecule has 1 aromatic carbocycles. The molecule has 0 atom stereocenters. The van der Waals surface area contributed by atoms with Gasteiger partial charge >= 0.3 is 0 Å². The van der Waals surface area contributed by atoms with Crippen molar-refractivity contribution in [2.75, 3.05) is 0 Å². The number of carbonyl (C=O) groups is 1. The fourth-order valence-electron chi connectivity index (χ4n) is 1.17. The summed E-state index contributed by atoms with van der Waals surface area (Å²) in [4.78, 5) is 30.8. The van der Waals surface area contributed by atoms with Gasteiger partial charge in [-0.25, -0.2) is 0 Å². The Labute approximate surface area is 90.0 Å². The molecule has 0 saturated carbocycles. The first-order valence-corrected chi connectivity index (χ1v) is 4.42. The molecule has 7 nitrogen and oxygen atoms in total. The smallest absolute Gasteiger partial charge is 0.277 e. The second kappa shape index (κ2) is 4.47. The Morgan fingerprint density at radius 1 is 1.12 bits per heavy atom. The van der Waals surface area contributed by atoms with Crippen LogP contribution in [0.5, 0.6) is 0 Å². The maximum atomic E-state index is 11.3. The highest BCUT2D eigenvalue weighted by Crippen LogP contribution is 2.23. The number of hydrogen-bond acceptors (Lipinski definition) is 5. The van der Waals surface area contributed by atoms with Crippen LogP contribution in [0.3, 0.4) is 0 Å².